The second-order valence-corrected chi connectivity index (χ2v) is 5.17. The molecule has 0 amide bonds. The molecule has 0 rings (SSSR count). The zero-order chi connectivity index (χ0) is 9.23. The molecule has 0 aliphatic heterocycles. The summed E-state index contributed by atoms with van der Waals surface area (Å²) in [5.41, 5.74) is 5.26. The third kappa shape index (κ3) is 3.45. The molecule has 11 heavy (non-hydrogen) atoms. The van der Waals surface area contributed by atoms with Crippen LogP contribution in [0.2, 0.25) is 0 Å². The normalized spacial score (nSPS) is 15.1. The Bertz CT molecular complexity index is 114. The van der Waals surface area contributed by atoms with E-state index in [1.165, 1.54) is 0 Å². The Morgan fingerprint density at radius 3 is 1.36 bits per heavy atom. The van der Waals surface area contributed by atoms with Crippen LogP contribution in [0.5, 0.6) is 0 Å². The Labute approximate surface area is 68.6 Å². The van der Waals surface area contributed by atoms with Crippen molar-refractivity contribution in [2.24, 2.45) is 5.50 Å². The molecule has 0 radical (unpaired) electrons. The Morgan fingerprint density at radius 1 is 1.09 bits per heavy atom. The van der Waals surface area contributed by atoms with Gasteiger partial charge in [-0.05, 0) is 0 Å². The van der Waals surface area contributed by atoms with E-state index in [1.807, 2.05) is 27.7 Å². The SMILES string of the molecule is CC(C)N(C(C)C)[PH](N)(O)O. The molecular formula is C6H19N2O2P. The van der Waals surface area contributed by atoms with Crippen molar-refractivity contribution in [3.63, 3.8) is 0 Å². The molecule has 0 aromatic carbocycles. The van der Waals surface area contributed by atoms with Crippen LogP contribution in [0.15, 0.2) is 0 Å². The monoisotopic (exact) mass is 182 g/mol. The fourth-order valence-electron chi connectivity index (χ4n) is 1.36. The van der Waals surface area contributed by atoms with Crippen LogP contribution in [0.4, 0.5) is 0 Å². The van der Waals surface area contributed by atoms with E-state index in [9.17, 15) is 9.79 Å². The van der Waals surface area contributed by atoms with Gasteiger partial charge in [-0.1, -0.05) is 0 Å². The van der Waals surface area contributed by atoms with Crippen LogP contribution in [-0.2, 0) is 0 Å². The minimum absolute atomic E-state index is 0.0710. The fraction of sp³-hybridized carbons (Fsp3) is 1.00. The van der Waals surface area contributed by atoms with Crippen molar-refractivity contribution < 1.29 is 9.79 Å². The van der Waals surface area contributed by atoms with E-state index in [0.717, 1.165) is 0 Å². The van der Waals surface area contributed by atoms with E-state index in [-0.39, 0.29) is 12.1 Å². The molecule has 0 aliphatic carbocycles. The molecule has 5 heteroatoms. The van der Waals surface area contributed by atoms with Gasteiger partial charge in [-0.25, -0.2) is 0 Å². The molecule has 4 nitrogen and oxygen atoms in total. The van der Waals surface area contributed by atoms with Crippen molar-refractivity contribution in [3.05, 3.63) is 0 Å². The van der Waals surface area contributed by atoms with Gasteiger partial charge in [0.2, 0.25) is 0 Å². The van der Waals surface area contributed by atoms with Crippen molar-refractivity contribution in [2.75, 3.05) is 0 Å². The second-order valence-electron chi connectivity index (χ2n) is 3.28. The predicted octanol–water partition coefficient (Wildman–Crippen LogP) is 0.458. The van der Waals surface area contributed by atoms with E-state index < -0.39 is 8.02 Å². The van der Waals surface area contributed by atoms with E-state index in [2.05, 4.69) is 0 Å². The first-order valence-electron chi connectivity index (χ1n) is 3.79. The van der Waals surface area contributed by atoms with Crippen molar-refractivity contribution >= 4 is 8.02 Å². The summed E-state index contributed by atoms with van der Waals surface area (Å²) >= 11 is 0. The number of rotatable bonds is 3. The quantitative estimate of drug-likeness (QED) is 0.554. The van der Waals surface area contributed by atoms with Gasteiger partial charge in [-0.15, -0.1) is 0 Å². The van der Waals surface area contributed by atoms with Crippen LogP contribution in [-0.4, -0.2) is 26.5 Å². The molecule has 0 aromatic heterocycles. The maximum absolute atomic E-state index is 9.22. The molecule has 4 N–H and O–H groups in total. The summed E-state index contributed by atoms with van der Waals surface area (Å²) in [5.74, 6) is 0. The van der Waals surface area contributed by atoms with E-state index in [1.54, 1.807) is 4.67 Å². The molecule has 0 aromatic rings. The molecule has 0 atom stereocenters. The first-order chi connectivity index (χ1) is 4.76. The molecule has 0 saturated heterocycles. The Morgan fingerprint density at radius 2 is 1.36 bits per heavy atom. The molecule has 70 valence electrons. The topological polar surface area (TPSA) is 69.7 Å². The molecule has 0 heterocycles. The zero-order valence-electron chi connectivity index (χ0n) is 7.57. The maximum atomic E-state index is 9.22. The van der Waals surface area contributed by atoms with E-state index in [4.69, 9.17) is 5.50 Å². The molecule has 0 fully saturated rings. The first kappa shape index (κ1) is 11.3. The minimum atomic E-state index is -3.58. The van der Waals surface area contributed by atoms with Gasteiger partial charge in [0.15, 0.2) is 0 Å². The van der Waals surface area contributed by atoms with Gasteiger partial charge in [0.1, 0.15) is 0 Å². The summed E-state index contributed by atoms with van der Waals surface area (Å²) in [6.07, 6.45) is 0. The van der Waals surface area contributed by atoms with Crippen molar-refractivity contribution in [3.8, 4) is 0 Å². The standard InChI is InChI=1S/C6H19N2O2P/c1-5(2)8(6(3)4)11(7,9)10/h5-6,9-11H,7H2,1-4H3. The van der Waals surface area contributed by atoms with Crippen molar-refractivity contribution in [1.82, 2.24) is 4.67 Å². The summed E-state index contributed by atoms with van der Waals surface area (Å²) in [6, 6.07) is 0.142. The van der Waals surface area contributed by atoms with Crippen LogP contribution in [0.1, 0.15) is 27.7 Å². The predicted molar refractivity (Wildman–Crippen MR) is 49.1 cm³/mol. The second kappa shape index (κ2) is 3.78. The van der Waals surface area contributed by atoms with Gasteiger partial charge < -0.3 is 0 Å². The van der Waals surface area contributed by atoms with Gasteiger partial charge in [0.25, 0.3) is 0 Å². The summed E-state index contributed by atoms with van der Waals surface area (Å²) in [5, 5.41) is 0. The van der Waals surface area contributed by atoms with E-state index in [0.29, 0.717) is 0 Å². The third-order valence-corrected chi connectivity index (χ3v) is 3.29. The molecule has 0 aliphatic rings. The van der Waals surface area contributed by atoms with Crippen molar-refractivity contribution in [2.45, 2.75) is 39.8 Å². The zero-order valence-corrected chi connectivity index (χ0v) is 8.57. The molecule has 0 unspecified atom stereocenters. The molecular weight excluding hydrogens is 163 g/mol. The third-order valence-electron chi connectivity index (χ3n) is 1.49. The molecule has 0 saturated carbocycles. The number of hydrogen-bond acceptors (Lipinski definition) is 4. The van der Waals surface area contributed by atoms with Crippen molar-refractivity contribution in [1.29, 1.82) is 0 Å². The summed E-state index contributed by atoms with van der Waals surface area (Å²) in [7, 11) is -3.58. The van der Waals surface area contributed by atoms with E-state index >= 15 is 0 Å². The Hall–Kier alpha value is 0.270. The molecule has 0 spiro atoms. The van der Waals surface area contributed by atoms with Crippen LogP contribution in [0.25, 0.3) is 0 Å². The first-order valence-corrected chi connectivity index (χ1v) is 5.70. The van der Waals surface area contributed by atoms with Gasteiger partial charge >= 0.3 is 67.8 Å². The van der Waals surface area contributed by atoms with Crippen LogP contribution in [0.3, 0.4) is 0 Å². The Kier molecular flexibility index (Phi) is 3.88. The van der Waals surface area contributed by atoms with Gasteiger partial charge in [0.05, 0.1) is 0 Å². The number of nitrogens with two attached hydrogens (primary N) is 1. The number of hydrogen-bond donors (Lipinski definition) is 3. The van der Waals surface area contributed by atoms with Crippen LogP contribution >= 0.6 is 8.02 Å². The van der Waals surface area contributed by atoms with Crippen LogP contribution in [0, 0.1) is 0 Å². The van der Waals surface area contributed by atoms with Crippen LogP contribution < -0.4 is 5.50 Å². The summed E-state index contributed by atoms with van der Waals surface area (Å²) < 4.78 is 1.55. The van der Waals surface area contributed by atoms with Gasteiger partial charge in [0, 0.05) is 0 Å². The summed E-state index contributed by atoms with van der Waals surface area (Å²) in [4.78, 5) is 18.4. The molecule has 0 bridgehead atoms. The Balaban J connectivity index is 4.35. The fourth-order valence-corrected chi connectivity index (χ4v) is 2.88. The summed E-state index contributed by atoms with van der Waals surface area (Å²) in [6.45, 7) is 7.56. The van der Waals surface area contributed by atoms with Gasteiger partial charge in [-0.2, -0.15) is 0 Å². The van der Waals surface area contributed by atoms with Gasteiger partial charge in [-0.3, -0.25) is 0 Å². The number of nitrogens with zero attached hydrogens (tertiary/aromatic N) is 1. The average molecular weight is 182 g/mol. The average Bonchev–Trinajstić information content (AvgIpc) is 1.54.